The van der Waals surface area contributed by atoms with Crippen molar-refractivity contribution in [3.63, 3.8) is 0 Å². The third kappa shape index (κ3) is 1.84. The standard InChI is InChI=1S/C11H18N2S/c1-11(2,5-6-12)10-9(8-3-4-8)13-7-14-10/h7-8H,3-6,12H2,1-2H3. The van der Waals surface area contributed by atoms with E-state index in [0.717, 1.165) is 18.9 Å². The van der Waals surface area contributed by atoms with Crippen LogP contribution in [0.3, 0.4) is 0 Å². The first-order valence-corrected chi connectivity index (χ1v) is 6.17. The van der Waals surface area contributed by atoms with Crippen molar-refractivity contribution in [2.24, 2.45) is 5.73 Å². The smallest absolute Gasteiger partial charge is 0.0798 e. The normalized spacial score (nSPS) is 17.4. The molecule has 0 amide bonds. The number of hydrogen-bond donors (Lipinski definition) is 1. The second kappa shape index (κ2) is 3.63. The second-order valence-corrected chi connectivity index (χ2v) is 5.62. The highest BCUT2D eigenvalue weighted by atomic mass is 32.1. The quantitative estimate of drug-likeness (QED) is 0.829. The molecule has 14 heavy (non-hydrogen) atoms. The zero-order valence-corrected chi connectivity index (χ0v) is 9.73. The fraction of sp³-hybridized carbons (Fsp3) is 0.727. The average Bonchev–Trinajstić information content (AvgIpc) is 2.83. The van der Waals surface area contributed by atoms with Gasteiger partial charge in [-0.05, 0) is 25.8 Å². The minimum absolute atomic E-state index is 0.216. The Kier molecular flexibility index (Phi) is 2.62. The topological polar surface area (TPSA) is 38.9 Å². The van der Waals surface area contributed by atoms with Gasteiger partial charge in [-0.15, -0.1) is 11.3 Å². The molecule has 2 nitrogen and oxygen atoms in total. The van der Waals surface area contributed by atoms with Crippen LogP contribution in [0.2, 0.25) is 0 Å². The SMILES string of the molecule is CC(C)(CCN)c1scnc1C1CC1. The van der Waals surface area contributed by atoms with E-state index >= 15 is 0 Å². The number of rotatable bonds is 4. The first-order valence-electron chi connectivity index (χ1n) is 5.29. The Labute approximate surface area is 89.5 Å². The Morgan fingerprint density at radius 2 is 2.29 bits per heavy atom. The van der Waals surface area contributed by atoms with Gasteiger partial charge in [-0.2, -0.15) is 0 Å². The maximum Gasteiger partial charge on any atom is 0.0798 e. The van der Waals surface area contributed by atoms with E-state index in [1.165, 1.54) is 23.4 Å². The highest BCUT2D eigenvalue weighted by Gasteiger charge is 2.33. The van der Waals surface area contributed by atoms with Gasteiger partial charge >= 0.3 is 0 Å². The lowest BCUT2D eigenvalue weighted by Gasteiger charge is -2.23. The van der Waals surface area contributed by atoms with Gasteiger partial charge in [0.05, 0.1) is 11.2 Å². The summed E-state index contributed by atoms with van der Waals surface area (Å²) in [6.45, 7) is 5.31. The van der Waals surface area contributed by atoms with Gasteiger partial charge in [0, 0.05) is 16.2 Å². The first kappa shape index (κ1) is 10.1. The van der Waals surface area contributed by atoms with Crippen molar-refractivity contribution in [2.45, 2.75) is 44.4 Å². The number of thiazole rings is 1. The molecule has 0 radical (unpaired) electrons. The van der Waals surface area contributed by atoms with Gasteiger partial charge < -0.3 is 5.73 Å². The monoisotopic (exact) mass is 210 g/mol. The molecule has 1 aromatic heterocycles. The molecule has 0 unspecified atom stereocenters. The molecule has 1 aliphatic rings. The summed E-state index contributed by atoms with van der Waals surface area (Å²) in [6.07, 6.45) is 3.71. The summed E-state index contributed by atoms with van der Waals surface area (Å²) in [7, 11) is 0. The van der Waals surface area contributed by atoms with Gasteiger partial charge in [-0.25, -0.2) is 4.98 Å². The summed E-state index contributed by atoms with van der Waals surface area (Å²) >= 11 is 1.80. The molecular weight excluding hydrogens is 192 g/mol. The molecular formula is C11H18N2S. The van der Waals surface area contributed by atoms with E-state index in [4.69, 9.17) is 5.73 Å². The van der Waals surface area contributed by atoms with Crippen LogP contribution in [0.15, 0.2) is 5.51 Å². The highest BCUT2D eigenvalue weighted by Crippen LogP contribution is 2.45. The fourth-order valence-electron chi connectivity index (χ4n) is 1.88. The zero-order valence-electron chi connectivity index (χ0n) is 8.92. The van der Waals surface area contributed by atoms with Crippen LogP contribution in [0.25, 0.3) is 0 Å². The maximum atomic E-state index is 5.65. The van der Waals surface area contributed by atoms with E-state index in [2.05, 4.69) is 18.8 Å². The van der Waals surface area contributed by atoms with Gasteiger partial charge in [0.15, 0.2) is 0 Å². The third-order valence-electron chi connectivity index (χ3n) is 2.94. The minimum atomic E-state index is 0.216. The lowest BCUT2D eigenvalue weighted by atomic mass is 9.86. The zero-order chi connectivity index (χ0) is 10.2. The Bertz CT molecular complexity index is 313. The first-order chi connectivity index (χ1) is 6.65. The van der Waals surface area contributed by atoms with Crippen LogP contribution in [0.4, 0.5) is 0 Å². The van der Waals surface area contributed by atoms with Gasteiger partial charge in [-0.1, -0.05) is 13.8 Å². The summed E-state index contributed by atoms with van der Waals surface area (Å²) in [6, 6.07) is 0. The largest absolute Gasteiger partial charge is 0.330 e. The van der Waals surface area contributed by atoms with Gasteiger partial charge in [0.25, 0.3) is 0 Å². The molecule has 1 aromatic rings. The summed E-state index contributed by atoms with van der Waals surface area (Å²) in [5.74, 6) is 0.758. The van der Waals surface area contributed by atoms with Crippen LogP contribution >= 0.6 is 11.3 Å². The molecule has 0 atom stereocenters. The summed E-state index contributed by atoms with van der Waals surface area (Å²) in [5.41, 5.74) is 9.21. The van der Waals surface area contributed by atoms with Crippen LogP contribution in [0.5, 0.6) is 0 Å². The Morgan fingerprint density at radius 1 is 1.57 bits per heavy atom. The number of hydrogen-bond acceptors (Lipinski definition) is 3. The van der Waals surface area contributed by atoms with E-state index in [1.54, 1.807) is 11.3 Å². The summed E-state index contributed by atoms with van der Waals surface area (Å²) < 4.78 is 0. The lowest BCUT2D eigenvalue weighted by molar-refractivity contribution is 0.492. The predicted octanol–water partition coefficient (Wildman–Crippen LogP) is 2.65. The molecule has 0 aromatic carbocycles. The fourth-order valence-corrected chi connectivity index (χ4v) is 2.92. The molecule has 1 fully saturated rings. The average molecular weight is 210 g/mol. The number of aromatic nitrogens is 1. The van der Waals surface area contributed by atoms with Crippen LogP contribution in [-0.2, 0) is 5.41 Å². The number of nitrogens with two attached hydrogens (primary N) is 1. The molecule has 0 aliphatic heterocycles. The van der Waals surface area contributed by atoms with E-state index < -0.39 is 0 Å². The van der Waals surface area contributed by atoms with Crippen LogP contribution < -0.4 is 5.73 Å². The van der Waals surface area contributed by atoms with Crippen LogP contribution in [0.1, 0.15) is 49.6 Å². The van der Waals surface area contributed by atoms with E-state index in [-0.39, 0.29) is 5.41 Å². The molecule has 1 saturated carbocycles. The van der Waals surface area contributed by atoms with Crippen molar-refractivity contribution < 1.29 is 0 Å². The van der Waals surface area contributed by atoms with Crippen molar-refractivity contribution in [3.8, 4) is 0 Å². The molecule has 2 rings (SSSR count). The third-order valence-corrected chi connectivity index (χ3v) is 4.15. The molecule has 1 aliphatic carbocycles. The molecule has 78 valence electrons. The highest BCUT2D eigenvalue weighted by molar-refractivity contribution is 7.09. The van der Waals surface area contributed by atoms with E-state index in [1.807, 2.05) is 5.51 Å². The van der Waals surface area contributed by atoms with Gasteiger partial charge in [0.1, 0.15) is 0 Å². The maximum absolute atomic E-state index is 5.65. The Balaban J connectivity index is 2.25. The van der Waals surface area contributed by atoms with Crippen molar-refractivity contribution in [1.82, 2.24) is 4.98 Å². The molecule has 2 N–H and O–H groups in total. The van der Waals surface area contributed by atoms with Crippen LogP contribution in [0, 0.1) is 0 Å². The van der Waals surface area contributed by atoms with Crippen molar-refractivity contribution in [2.75, 3.05) is 6.54 Å². The molecule has 0 saturated heterocycles. The summed E-state index contributed by atoms with van der Waals surface area (Å²) in [4.78, 5) is 5.97. The van der Waals surface area contributed by atoms with Crippen molar-refractivity contribution in [3.05, 3.63) is 16.1 Å². The molecule has 3 heteroatoms. The van der Waals surface area contributed by atoms with E-state index in [9.17, 15) is 0 Å². The van der Waals surface area contributed by atoms with Gasteiger partial charge in [-0.3, -0.25) is 0 Å². The van der Waals surface area contributed by atoms with E-state index in [0.29, 0.717) is 0 Å². The van der Waals surface area contributed by atoms with Crippen LogP contribution in [-0.4, -0.2) is 11.5 Å². The molecule has 0 bridgehead atoms. The lowest BCUT2D eigenvalue weighted by Crippen LogP contribution is -2.21. The number of nitrogens with zero attached hydrogens (tertiary/aromatic N) is 1. The second-order valence-electron chi connectivity index (χ2n) is 4.76. The van der Waals surface area contributed by atoms with Gasteiger partial charge in [0.2, 0.25) is 0 Å². The van der Waals surface area contributed by atoms with Crippen molar-refractivity contribution >= 4 is 11.3 Å². The Morgan fingerprint density at radius 3 is 2.86 bits per heavy atom. The molecule has 0 spiro atoms. The Hall–Kier alpha value is -0.410. The predicted molar refractivity (Wildman–Crippen MR) is 60.8 cm³/mol. The minimum Gasteiger partial charge on any atom is -0.330 e. The molecule has 1 heterocycles. The van der Waals surface area contributed by atoms with Crippen molar-refractivity contribution in [1.29, 1.82) is 0 Å². The summed E-state index contributed by atoms with van der Waals surface area (Å²) in [5, 5.41) is 0.